The van der Waals surface area contributed by atoms with E-state index < -0.39 is 0 Å². The summed E-state index contributed by atoms with van der Waals surface area (Å²) in [5.74, 6) is 5.26. The second-order valence-corrected chi connectivity index (χ2v) is 4.93. The fourth-order valence-corrected chi connectivity index (χ4v) is 1.19. The van der Waals surface area contributed by atoms with Crippen molar-refractivity contribution in [3.05, 3.63) is 36.1 Å². The van der Waals surface area contributed by atoms with E-state index >= 15 is 0 Å². The molecule has 1 aliphatic carbocycles. The van der Waals surface area contributed by atoms with Crippen LogP contribution in [0.25, 0.3) is 0 Å². The minimum atomic E-state index is 0.104. The summed E-state index contributed by atoms with van der Waals surface area (Å²) in [6, 6.07) is 0. The molecule has 0 radical (unpaired) electrons. The first-order valence-corrected chi connectivity index (χ1v) is 4.46. The lowest BCUT2D eigenvalue weighted by molar-refractivity contribution is 0.915. The molecule has 0 heterocycles. The molecule has 60 valence electrons. The van der Waals surface area contributed by atoms with Gasteiger partial charge in [0.1, 0.15) is 0 Å². The van der Waals surface area contributed by atoms with Crippen molar-refractivity contribution in [3.8, 4) is 0 Å². The van der Waals surface area contributed by atoms with E-state index in [1.165, 1.54) is 0 Å². The summed E-state index contributed by atoms with van der Waals surface area (Å²) in [6.07, 6.45) is 10.1. The monoisotopic (exact) mass is 262 g/mol. The highest BCUT2D eigenvalue weighted by Gasteiger charge is 2.11. The Morgan fingerprint density at radius 1 is 1.55 bits per heavy atom. The van der Waals surface area contributed by atoms with Gasteiger partial charge in [0.05, 0.1) is 3.42 Å². The van der Waals surface area contributed by atoms with Crippen LogP contribution in [0.3, 0.4) is 0 Å². The Bertz CT molecular complexity index is 226. The predicted molar refractivity (Wildman–Crippen MR) is 56.1 cm³/mol. The minimum Gasteiger partial charge on any atom is -0.324 e. The molecule has 1 aliphatic rings. The van der Waals surface area contributed by atoms with Gasteiger partial charge < -0.3 is 5.43 Å². The SMILES string of the molecule is CC1(I)C=CC=C(NN)C=C1. The molecule has 2 nitrogen and oxygen atoms in total. The summed E-state index contributed by atoms with van der Waals surface area (Å²) in [6.45, 7) is 2.13. The number of rotatable bonds is 1. The van der Waals surface area contributed by atoms with E-state index in [-0.39, 0.29) is 3.42 Å². The van der Waals surface area contributed by atoms with Gasteiger partial charge in [0.25, 0.3) is 0 Å². The van der Waals surface area contributed by atoms with Gasteiger partial charge in [-0.1, -0.05) is 40.8 Å². The average Bonchev–Trinajstić information content (AvgIpc) is 2.10. The van der Waals surface area contributed by atoms with Crippen LogP contribution in [0.2, 0.25) is 0 Å². The number of alkyl halides is 1. The second-order valence-electron chi connectivity index (χ2n) is 2.61. The summed E-state index contributed by atoms with van der Waals surface area (Å²) in [4.78, 5) is 0. The maximum Gasteiger partial charge on any atom is 0.0559 e. The molecule has 0 fully saturated rings. The molecule has 0 aromatic heterocycles. The Balaban J connectivity index is 2.83. The molecular formula is C8H11IN2. The van der Waals surface area contributed by atoms with Crippen molar-refractivity contribution >= 4 is 22.6 Å². The molecule has 0 aliphatic heterocycles. The molecule has 11 heavy (non-hydrogen) atoms. The number of nitrogens with two attached hydrogens (primary N) is 1. The van der Waals surface area contributed by atoms with Crippen molar-refractivity contribution in [2.75, 3.05) is 0 Å². The van der Waals surface area contributed by atoms with Gasteiger partial charge in [-0.15, -0.1) is 0 Å². The highest BCUT2D eigenvalue weighted by atomic mass is 127. The van der Waals surface area contributed by atoms with Crippen molar-refractivity contribution in [2.24, 2.45) is 5.84 Å². The molecule has 1 atom stereocenters. The van der Waals surface area contributed by atoms with Crippen LogP contribution in [-0.4, -0.2) is 3.42 Å². The number of hydrogen-bond acceptors (Lipinski definition) is 2. The van der Waals surface area contributed by atoms with Gasteiger partial charge in [-0.05, 0) is 19.1 Å². The van der Waals surface area contributed by atoms with Crippen LogP contribution in [-0.2, 0) is 0 Å². The smallest absolute Gasteiger partial charge is 0.0559 e. The van der Waals surface area contributed by atoms with Crippen LogP contribution in [0, 0.1) is 0 Å². The van der Waals surface area contributed by atoms with Crippen molar-refractivity contribution in [1.82, 2.24) is 5.43 Å². The van der Waals surface area contributed by atoms with Gasteiger partial charge in [-0.3, -0.25) is 5.84 Å². The highest BCUT2D eigenvalue weighted by Crippen LogP contribution is 2.23. The van der Waals surface area contributed by atoms with E-state index in [0.29, 0.717) is 0 Å². The van der Waals surface area contributed by atoms with Crippen molar-refractivity contribution < 1.29 is 0 Å². The highest BCUT2D eigenvalue weighted by molar-refractivity contribution is 14.1. The van der Waals surface area contributed by atoms with Crippen molar-refractivity contribution in [2.45, 2.75) is 10.3 Å². The lowest BCUT2D eigenvalue weighted by Gasteiger charge is -2.09. The Labute approximate surface area is 80.3 Å². The zero-order valence-electron chi connectivity index (χ0n) is 6.34. The largest absolute Gasteiger partial charge is 0.324 e. The Hall–Kier alpha value is -0.290. The van der Waals surface area contributed by atoms with Crippen LogP contribution in [0.15, 0.2) is 36.1 Å². The van der Waals surface area contributed by atoms with E-state index in [4.69, 9.17) is 5.84 Å². The zero-order valence-corrected chi connectivity index (χ0v) is 8.50. The van der Waals surface area contributed by atoms with Crippen LogP contribution in [0.4, 0.5) is 0 Å². The van der Waals surface area contributed by atoms with Crippen LogP contribution >= 0.6 is 22.6 Å². The maximum absolute atomic E-state index is 5.26. The Morgan fingerprint density at radius 2 is 2.27 bits per heavy atom. The number of hydrogen-bond donors (Lipinski definition) is 2. The first-order valence-electron chi connectivity index (χ1n) is 3.38. The zero-order chi connectivity index (χ0) is 8.32. The number of nitrogens with one attached hydrogen (secondary N) is 1. The molecule has 3 N–H and O–H groups in total. The molecule has 1 unspecified atom stereocenters. The fraction of sp³-hybridized carbons (Fsp3) is 0.250. The average molecular weight is 262 g/mol. The van der Waals surface area contributed by atoms with Crippen LogP contribution in [0.1, 0.15) is 6.92 Å². The van der Waals surface area contributed by atoms with Crippen LogP contribution in [0.5, 0.6) is 0 Å². The number of halogens is 1. The van der Waals surface area contributed by atoms with Gasteiger partial charge >= 0.3 is 0 Å². The van der Waals surface area contributed by atoms with Gasteiger partial charge in [-0.25, -0.2) is 0 Å². The molecule has 3 heteroatoms. The van der Waals surface area contributed by atoms with Crippen molar-refractivity contribution in [3.63, 3.8) is 0 Å². The topological polar surface area (TPSA) is 38.0 Å². The molecule has 1 rings (SSSR count). The molecule has 0 bridgehead atoms. The summed E-state index contributed by atoms with van der Waals surface area (Å²) in [7, 11) is 0. The third-order valence-corrected chi connectivity index (χ3v) is 2.17. The molecule has 0 aromatic carbocycles. The minimum absolute atomic E-state index is 0.104. The van der Waals surface area contributed by atoms with E-state index in [1.807, 2.05) is 18.2 Å². The summed E-state index contributed by atoms with van der Waals surface area (Å²) < 4.78 is 0.104. The fourth-order valence-electron chi connectivity index (χ4n) is 0.800. The first kappa shape index (κ1) is 8.80. The third kappa shape index (κ3) is 2.67. The molecule has 0 aromatic rings. The summed E-state index contributed by atoms with van der Waals surface area (Å²) >= 11 is 2.37. The Morgan fingerprint density at radius 3 is 2.91 bits per heavy atom. The molecule has 0 amide bonds. The van der Waals surface area contributed by atoms with Gasteiger partial charge in [-0.2, -0.15) is 0 Å². The Kier molecular flexibility index (Phi) is 2.72. The maximum atomic E-state index is 5.26. The first-order chi connectivity index (χ1) is 5.14. The normalized spacial score (nSPS) is 29.5. The van der Waals surface area contributed by atoms with Gasteiger partial charge in [0.15, 0.2) is 0 Å². The third-order valence-electron chi connectivity index (χ3n) is 1.45. The second kappa shape index (κ2) is 3.40. The predicted octanol–water partition coefficient (Wildman–Crippen LogP) is 1.65. The summed E-state index contributed by atoms with van der Waals surface area (Å²) in [5.41, 5.74) is 3.53. The molecule has 0 saturated heterocycles. The van der Waals surface area contributed by atoms with E-state index in [1.54, 1.807) is 0 Å². The van der Waals surface area contributed by atoms with E-state index in [2.05, 4.69) is 47.1 Å². The lowest BCUT2D eigenvalue weighted by atomic mass is 10.1. The number of allylic oxidation sites excluding steroid dienone is 5. The molecule has 0 saturated carbocycles. The van der Waals surface area contributed by atoms with Gasteiger partial charge in [0.2, 0.25) is 0 Å². The molecular weight excluding hydrogens is 251 g/mol. The standard InChI is InChI=1S/C8H11IN2/c1-8(9)5-2-3-7(11-10)4-6-8/h2-6,11H,10H2,1H3. The van der Waals surface area contributed by atoms with Gasteiger partial charge in [0, 0.05) is 5.70 Å². The van der Waals surface area contributed by atoms with Crippen LogP contribution < -0.4 is 11.3 Å². The molecule has 0 spiro atoms. The van der Waals surface area contributed by atoms with E-state index in [9.17, 15) is 0 Å². The van der Waals surface area contributed by atoms with E-state index in [0.717, 1.165) is 5.70 Å². The summed E-state index contributed by atoms with van der Waals surface area (Å²) in [5, 5.41) is 0. The van der Waals surface area contributed by atoms with Crippen molar-refractivity contribution in [1.29, 1.82) is 0 Å². The lowest BCUT2D eigenvalue weighted by Crippen LogP contribution is -2.19. The number of hydrazine groups is 1. The quantitative estimate of drug-likeness (QED) is 0.326.